The molecule has 4 aliphatic heterocycles. The van der Waals surface area contributed by atoms with Crippen LogP contribution in [-0.2, 0) is 9.53 Å². The second-order valence-corrected chi connectivity index (χ2v) is 8.98. The van der Waals surface area contributed by atoms with E-state index in [0.717, 1.165) is 62.7 Å². The van der Waals surface area contributed by atoms with Crippen molar-refractivity contribution >= 4 is 5.78 Å². The Bertz CT molecular complexity index is 722. The Balaban J connectivity index is 1.49. The van der Waals surface area contributed by atoms with Gasteiger partial charge in [-0.3, -0.25) is 9.69 Å². The lowest BCUT2D eigenvalue weighted by atomic mass is 9.59. The van der Waals surface area contributed by atoms with Crippen LogP contribution < -0.4 is 5.32 Å². The van der Waals surface area contributed by atoms with Gasteiger partial charge in [0.25, 0.3) is 0 Å². The van der Waals surface area contributed by atoms with Gasteiger partial charge in [-0.1, -0.05) is 13.8 Å². The number of ether oxygens (including phenoxy) is 1. The molecule has 6 heteroatoms. The highest BCUT2D eigenvalue weighted by molar-refractivity contribution is 6.00. The predicted octanol–water partition coefficient (Wildman–Crippen LogP) is 2.39. The second kappa shape index (κ2) is 5.24. The van der Waals surface area contributed by atoms with Crippen LogP contribution in [0.3, 0.4) is 0 Å². The zero-order valence-corrected chi connectivity index (χ0v) is 15.1. The van der Waals surface area contributed by atoms with E-state index in [-0.39, 0.29) is 10.8 Å². The van der Waals surface area contributed by atoms with Gasteiger partial charge in [-0.05, 0) is 24.7 Å². The zero-order valence-electron chi connectivity index (χ0n) is 15.1. The molecule has 134 valence electrons. The maximum Gasteiger partial charge on any atom is 0.162 e. The van der Waals surface area contributed by atoms with E-state index in [2.05, 4.69) is 34.3 Å². The summed E-state index contributed by atoms with van der Waals surface area (Å²) in [5.41, 5.74) is 3.25. The molecule has 6 nitrogen and oxygen atoms in total. The van der Waals surface area contributed by atoms with Gasteiger partial charge in [0.15, 0.2) is 11.6 Å². The molecule has 0 aromatic heterocycles. The van der Waals surface area contributed by atoms with E-state index in [9.17, 15) is 4.79 Å². The van der Waals surface area contributed by atoms with Gasteiger partial charge in [-0.2, -0.15) is 5.11 Å². The van der Waals surface area contributed by atoms with Gasteiger partial charge in [0.1, 0.15) is 0 Å². The fraction of sp³-hybridized carbons (Fsp3) is 0.737. The number of Topliss-reactive ketones (excluding diaryl/α,β-unsaturated/α-hetero) is 1. The maximum atomic E-state index is 13.1. The number of azo groups is 1. The Morgan fingerprint density at radius 2 is 1.96 bits per heavy atom. The van der Waals surface area contributed by atoms with Crippen LogP contribution in [0.4, 0.5) is 0 Å². The number of fused-ring (bicyclic) bond motifs is 2. The topological polar surface area (TPSA) is 66.3 Å². The zero-order chi connectivity index (χ0) is 17.2. The van der Waals surface area contributed by atoms with E-state index in [1.54, 1.807) is 0 Å². The molecule has 2 saturated heterocycles. The number of rotatable bonds is 1. The standard InChI is InChI=1S/C19H26N4O2/c1-18(2)7-14-16(15(24)8-18)19(13-9-20-22-17(13)21-14)10-23(11-19)12-3-5-25-6-4-12/h12,21H,3-11H2,1-2H3. The van der Waals surface area contributed by atoms with Crippen LogP contribution >= 0.6 is 0 Å². The molecule has 0 saturated carbocycles. The molecule has 4 heterocycles. The molecule has 0 radical (unpaired) electrons. The van der Waals surface area contributed by atoms with E-state index in [4.69, 9.17) is 4.74 Å². The van der Waals surface area contributed by atoms with Crippen LogP contribution in [0.5, 0.6) is 0 Å². The molecule has 1 aliphatic carbocycles. The van der Waals surface area contributed by atoms with E-state index in [1.165, 1.54) is 5.57 Å². The highest BCUT2D eigenvalue weighted by Gasteiger charge is 2.58. The van der Waals surface area contributed by atoms with Gasteiger partial charge in [-0.25, -0.2) is 0 Å². The third kappa shape index (κ3) is 2.27. The first-order chi connectivity index (χ1) is 12.0. The SMILES string of the molecule is CC1(C)CC(=O)C2=C(C1)NC1=C(CN=N1)C21CN(C2CCOCC2)C1. The van der Waals surface area contributed by atoms with Crippen LogP contribution in [0.15, 0.2) is 32.9 Å². The van der Waals surface area contributed by atoms with Crippen molar-refractivity contribution in [2.75, 3.05) is 32.8 Å². The van der Waals surface area contributed by atoms with E-state index < -0.39 is 0 Å². The first-order valence-electron chi connectivity index (χ1n) is 9.45. The van der Waals surface area contributed by atoms with Crippen molar-refractivity contribution in [3.63, 3.8) is 0 Å². The molecule has 0 unspecified atom stereocenters. The lowest BCUT2D eigenvalue weighted by Crippen LogP contribution is -2.65. The minimum absolute atomic E-state index is 0.0159. The van der Waals surface area contributed by atoms with Crippen molar-refractivity contribution in [1.29, 1.82) is 0 Å². The molecule has 5 aliphatic rings. The summed E-state index contributed by atoms with van der Waals surface area (Å²) in [5.74, 6) is 1.24. The summed E-state index contributed by atoms with van der Waals surface area (Å²) in [6.45, 7) is 8.58. The summed E-state index contributed by atoms with van der Waals surface area (Å²) in [6.07, 6.45) is 3.76. The summed E-state index contributed by atoms with van der Waals surface area (Å²) in [5, 5.41) is 12.1. The monoisotopic (exact) mass is 342 g/mol. The summed E-state index contributed by atoms with van der Waals surface area (Å²) in [6, 6.07) is 0.591. The maximum absolute atomic E-state index is 13.1. The summed E-state index contributed by atoms with van der Waals surface area (Å²) >= 11 is 0. The molecule has 25 heavy (non-hydrogen) atoms. The van der Waals surface area contributed by atoms with Crippen molar-refractivity contribution in [2.24, 2.45) is 21.1 Å². The molecular formula is C19H26N4O2. The summed E-state index contributed by atoms with van der Waals surface area (Å²) in [4.78, 5) is 15.7. The summed E-state index contributed by atoms with van der Waals surface area (Å²) in [7, 11) is 0. The third-order valence-corrected chi connectivity index (χ3v) is 6.54. The molecule has 0 bridgehead atoms. The van der Waals surface area contributed by atoms with Gasteiger partial charge in [0.05, 0.1) is 12.0 Å². The third-order valence-electron chi connectivity index (χ3n) is 6.54. The molecular weight excluding hydrogens is 316 g/mol. The number of hydrogen-bond donors (Lipinski definition) is 1. The summed E-state index contributed by atoms with van der Waals surface area (Å²) < 4.78 is 5.51. The average molecular weight is 342 g/mol. The number of carbonyl (C=O) groups is 1. The number of nitrogens with zero attached hydrogens (tertiary/aromatic N) is 3. The van der Waals surface area contributed by atoms with Gasteiger partial charge >= 0.3 is 0 Å². The Morgan fingerprint density at radius 3 is 2.72 bits per heavy atom. The van der Waals surface area contributed by atoms with Crippen LogP contribution in [0.2, 0.25) is 0 Å². The average Bonchev–Trinajstić information content (AvgIpc) is 2.98. The molecule has 2 fully saturated rings. The Labute approximate surface area is 148 Å². The quantitative estimate of drug-likeness (QED) is 0.795. The molecule has 1 N–H and O–H groups in total. The van der Waals surface area contributed by atoms with Gasteiger partial charge in [0, 0.05) is 55.6 Å². The molecule has 5 rings (SSSR count). The minimum Gasteiger partial charge on any atom is -0.381 e. The smallest absolute Gasteiger partial charge is 0.162 e. The first kappa shape index (κ1) is 15.7. The van der Waals surface area contributed by atoms with E-state index in [1.807, 2.05) is 0 Å². The fourth-order valence-corrected chi connectivity index (χ4v) is 5.37. The second-order valence-electron chi connectivity index (χ2n) is 8.98. The number of nitrogens with one attached hydrogen (secondary N) is 1. The van der Waals surface area contributed by atoms with Crippen LogP contribution in [0, 0.1) is 10.8 Å². The fourth-order valence-electron chi connectivity index (χ4n) is 5.37. The Kier molecular flexibility index (Phi) is 3.29. The van der Waals surface area contributed by atoms with E-state index >= 15 is 0 Å². The van der Waals surface area contributed by atoms with Gasteiger partial charge < -0.3 is 10.1 Å². The minimum atomic E-state index is -0.148. The number of hydrogen-bond acceptors (Lipinski definition) is 6. The van der Waals surface area contributed by atoms with Crippen LogP contribution in [0.25, 0.3) is 0 Å². The van der Waals surface area contributed by atoms with Crippen molar-refractivity contribution < 1.29 is 9.53 Å². The highest BCUT2D eigenvalue weighted by Crippen LogP contribution is 2.55. The molecule has 0 amide bonds. The molecule has 0 atom stereocenters. The van der Waals surface area contributed by atoms with Gasteiger partial charge in [0.2, 0.25) is 0 Å². The first-order valence-corrected chi connectivity index (χ1v) is 9.45. The number of carbonyl (C=O) groups excluding carboxylic acids is 1. The van der Waals surface area contributed by atoms with Crippen molar-refractivity contribution in [3.05, 3.63) is 22.7 Å². The highest BCUT2D eigenvalue weighted by atomic mass is 16.5. The molecule has 1 spiro atoms. The number of likely N-dealkylation sites (tertiary alicyclic amines) is 1. The number of ketones is 1. The molecule has 0 aromatic rings. The predicted molar refractivity (Wildman–Crippen MR) is 92.8 cm³/mol. The van der Waals surface area contributed by atoms with Crippen LogP contribution in [0.1, 0.15) is 39.5 Å². The van der Waals surface area contributed by atoms with Gasteiger partial charge in [-0.15, -0.1) is 5.11 Å². The number of allylic oxidation sites excluding steroid dienone is 1. The van der Waals surface area contributed by atoms with E-state index in [0.29, 0.717) is 24.8 Å². The molecule has 0 aromatic carbocycles. The van der Waals surface area contributed by atoms with Crippen LogP contribution in [-0.4, -0.2) is 49.6 Å². The Hall–Kier alpha value is -1.53. The van der Waals surface area contributed by atoms with Crippen molar-refractivity contribution in [3.8, 4) is 0 Å². The van der Waals surface area contributed by atoms with Crippen molar-refractivity contribution in [1.82, 2.24) is 10.2 Å². The lowest BCUT2D eigenvalue weighted by Gasteiger charge is -2.58. The number of dihydropyridines is 1. The normalized spacial score (nSPS) is 31.0. The Morgan fingerprint density at radius 1 is 1.20 bits per heavy atom. The largest absolute Gasteiger partial charge is 0.381 e. The van der Waals surface area contributed by atoms with Crippen molar-refractivity contribution in [2.45, 2.75) is 45.6 Å². The lowest BCUT2D eigenvalue weighted by molar-refractivity contribution is -0.121.